The van der Waals surface area contributed by atoms with Gasteiger partial charge in [-0.1, -0.05) is 118 Å². The maximum Gasteiger partial charge on any atom is 0.222 e. The number of carbonyl (C=O) groups excluding carboxylic acids is 1. The number of hydrogen-bond acceptors (Lipinski definition) is 1. The second kappa shape index (κ2) is 25.5. The first-order valence-electron chi connectivity index (χ1n) is 12.5. The number of nitrogens with zero attached hydrogens (tertiary/aromatic N) is 1. The Labute approximate surface area is 172 Å². The molecule has 2 nitrogen and oxygen atoms in total. The molecule has 0 rings (SSSR count). The van der Waals surface area contributed by atoms with Gasteiger partial charge in [0, 0.05) is 19.5 Å². The van der Waals surface area contributed by atoms with E-state index in [0.717, 1.165) is 25.9 Å². The Morgan fingerprint density at radius 2 is 0.852 bits per heavy atom. The van der Waals surface area contributed by atoms with Crippen LogP contribution in [0.1, 0.15) is 144 Å². The number of amides is 1. The van der Waals surface area contributed by atoms with Gasteiger partial charge in [-0.2, -0.15) is 0 Å². The van der Waals surface area contributed by atoms with Crippen LogP contribution in [0.15, 0.2) is 0 Å². The van der Waals surface area contributed by atoms with Gasteiger partial charge in [0.1, 0.15) is 0 Å². The zero-order valence-corrected chi connectivity index (χ0v) is 19.8. The Balaban J connectivity index is 0. The summed E-state index contributed by atoms with van der Waals surface area (Å²) in [6.07, 6.45) is 21.3. The zero-order valence-electron chi connectivity index (χ0n) is 19.8. The van der Waals surface area contributed by atoms with Crippen molar-refractivity contribution in [3.05, 3.63) is 0 Å². The quantitative estimate of drug-likeness (QED) is 0.205. The molecule has 2 heteroatoms. The van der Waals surface area contributed by atoms with E-state index in [1.807, 2.05) is 13.8 Å². The van der Waals surface area contributed by atoms with E-state index in [4.69, 9.17) is 0 Å². The van der Waals surface area contributed by atoms with Crippen molar-refractivity contribution in [2.45, 2.75) is 144 Å². The molecule has 0 spiro atoms. The molecule has 0 radical (unpaired) electrons. The monoisotopic (exact) mass is 383 g/mol. The molecule has 0 saturated heterocycles. The van der Waals surface area contributed by atoms with E-state index in [9.17, 15) is 4.79 Å². The third-order valence-electron chi connectivity index (χ3n) is 5.16. The van der Waals surface area contributed by atoms with E-state index in [1.165, 1.54) is 96.3 Å². The third kappa shape index (κ3) is 21.6. The minimum absolute atomic E-state index is 0.415. The molecule has 0 heterocycles. The number of carbonyl (C=O) groups is 1. The molecule has 27 heavy (non-hydrogen) atoms. The van der Waals surface area contributed by atoms with Crippen LogP contribution in [0.5, 0.6) is 0 Å². The standard InChI is InChI=1S/C23H47NO.C2H6/c1-4-7-10-13-15-18-21-24(22-19-16-14-11-8-5-2)23(25)20-17-12-9-6-3;1-2/h4-22H2,1-3H3;1-2H3. The van der Waals surface area contributed by atoms with E-state index < -0.39 is 0 Å². The summed E-state index contributed by atoms with van der Waals surface area (Å²) in [6.45, 7) is 12.7. The summed E-state index contributed by atoms with van der Waals surface area (Å²) in [5.41, 5.74) is 0. The zero-order chi connectivity index (χ0) is 20.6. The highest BCUT2D eigenvalue weighted by atomic mass is 16.2. The largest absolute Gasteiger partial charge is 0.343 e. The molecular weight excluding hydrogens is 330 g/mol. The van der Waals surface area contributed by atoms with Gasteiger partial charge in [-0.15, -0.1) is 0 Å². The number of unbranched alkanes of at least 4 members (excludes halogenated alkanes) is 13. The van der Waals surface area contributed by atoms with Gasteiger partial charge in [0.15, 0.2) is 0 Å². The third-order valence-corrected chi connectivity index (χ3v) is 5.16. The number of hydrogen-bond donors (Lipinski definition) is 0. The SMILES string of the molecule is CC.CCCCCCCCN(CCCCCCCC)C(=O)CCCCCC. The van der Waals surface area contributed by atoms with E-state index in [0.29, 0.717) is 5.91 Å². The second-order valence-corrected chi connectivity index (χ2v) is 7.73. The summed E-state index contributed by atoms with van der Waals surface area (Å²) >= 11 is 0. The summed E-state index contributed by atoms with van der Waals surface area (Å²) in [5, 5.41) is 0. The fraction of sp³-hybridized carbons (Fsp3) is 0.960. The molecule has 0 atom stereocenters. The van der Waals surface area contributed by atoms with E-state index in [1.54, 1.807) is 0 Å². The van der Waals surface area contributed by atoms with Gasteiger partial charge in [0.25, 0.3) is 0 Å². The molecule has 164 valence electrons. The lowest BCUT2D eigenvalue weighted by Crippen LogP contribution is -2.32. The lowest BCUT2D eigenvalue weighted by atomic mass is 10.1. The lowest BCUT2D eigenvalue weighted by molar-refractivity contribution is -0.131. The fourth-order valence-corrected chi connectivity index (χ4v) is 3.39. The van der Waals surface area contributed by atoms with Gasteiger partial charge in [0.05, 0.1) is 0 Å². The van der Waals surface area contributed by atoms with E-state index in [2.05, 4.69) is 25.7 Å². The predicted octanol–water partition coefficient (Wildman–Crippen LogP) is 8.53. The summed E-state index contributed by atoms with van der Waals surface area (Å²) in [4.78, 5) is 14.8. The van der Waals surface area contributed by atoms with E-state index in [-0.39, 0.29) is 0 Å². The van der Waals surface area contributed by atoms with Crippen molar-refractivity contribution in [1.82, 2.24) is 4.90 Å². The molecule has 0 aliphatic heterocycles. The maximum atomic E-state index is 12.6. The average Bonchev–Trinajstić information content (AvgIpc) is 2.70. The summed E-state index contributed by atoms with van der Waals surface area (Å²) in [7, 11) is 0. The molecule has 0 N–H and O–H groups in total. The highest BCUT2D eigenvalue weighted by Crippen LogP contribution is 2.11. The molecule has 1 amide bonds. The summed E-state index contributed by atoms with van der Waals surface area (Å²) in [6, 6.07) is 0. The first-order valence-corrected chi connectivity index (χ1v) is 12.5. The Hall–Kier alpha value is -0.530. The Bertz CT molecular complexity index is 261. The molecule has 0 aromatic rings. The van der Waals surface area contributed by atoms with Crippen LogP contribution in [-0.4, -0.2) is 23.9 Å². The smallest absolute Gasteiger partial charge is 0.222 e. The van der Waals surface area contributed by atoms with Gasteiger partial charge < -0.3 is 4.90 Å². The molecule has 0 aromatic carbocycles. The van der Waals surface area contributed by atoms with Crippen LogP contribution < -0.4 is 0 Å². The van der Waals surface area contributed by atoms with Crippen molar-refractivity contribution < 1.29 is 4.79 Å². The van der Waals surface area contributed by atoms with Crippen LogP contribution in [-0.2, 0) is 4.79 Å². The average molecular weight is 384 g/mol. The number of rotatable bonds is 19. The van der Waals surface area contributed by atoms with Crippen LogP contribution in [0.25, 0.3) is 0 Å². The van der Waals surface area contributed by atoms with Gasteiger partial charge in [-0.05, 0) is 19.3 Å². The molecule has 0 fully saturated rings. The van der Waals surface area contributed by atoms with Crippen molar-refractivity contribution >= 4 is 5.91 Å². The van der Waals surface area contributed by atoms with Crippen molar-refractivity contribution in [2.75, 3.05) is 13.1 Å². The molecule has 0 aliphatic carbocycles. The Morgan fingerprint density at radius 1 is 0.519 bits per heavy atom. The Morgan fingerprint density at radius 3 is 1.26 bits per heavy atom. The van der Waals surface area contributed by atoms with Gasteiger partial charge >= 0.3 is 0 Å². The maximum absolute atomic E-state index is 12.6. The molecule has 0 aromatic heterocycles. The first kappa shape index (κ1) is 28.7. The predicted molar refractivity (Wildman–Crippen MR) is 123 cm³/mol. The topological polar surface area (TPSA) is 20.3 Å². The van der Waals surface area contributed by atoms with Crippen molar-refractivity contribution in [1.29, 1.82) is 0 Å². The fourth-order valence-electron chi connectivity index (χ4n) is 3.39. The van der Waals surface area contributed by atoms with Crippen molar-refractivity contribution in [2.24, 2.45) is 0 Å². The van der Waals surface area contributed by atoms with Crippen LogP contribution >= 0.6 is 0 Å². The van der Waals surface area contributed by atoms with E-state index >= 15 is 0 Å². The molecular formula is C25H53NO. The van der Waals surface area contributed by atoms with Gasteiger partial charge in [-0.25, -0.2) is 0 Å². The van der Waals surface area contributed by atoms with Crippen LogP contribution in [0.2, 0.25) is 0 Å². The summed E-state index contributed by atoms with van der Waals surface area (Å²) in [5.74, 6) is 0.415. The highest BCUT2D eigenvalue weighted by molar-refractivity contribution is 5.76. The lowest BCUT2D eigenvalue weighted by Gasteiger charge is -2.23. The van der Waals surface area contributed by atoms with Gasteiger partial charge in [0.2, 0.25) is 5.91 Å². The minimum Gasteiger partial charge on any atom is -0.343 e. The molecule has 0 unspecified atom stereocenters. The second-order valence-electron chi connectivity index (χ2n) is 7.73. The van der Waals surface area contributed by atoms with Gasteiger partial charge in [-0.3, -0.25) is 4.79 Å². The van der Waals surface area contributed by atoms with Crippen LogP contribution in [0, 0.1) is 0 Å². The summed E-state index contributed by atoms with van der Waals surface area (Å²) < 4.78 is 0. The van der Waals surface area contributed by atoms with Crippen LogP contribution in [0.3, 0.4) is 0 Å². The first-order chi connectivity index (χ1) is 13.3. The molecule has 0 aliphatic rings. The van der Waals surface area contributed by atoms with Crippen molar-refractivity contribution in [3.63, 3.8) is 0 Å². The van der Waals surface area contributed by atoms with Crippen LogP contribution in [0.4, 0.5) is 0 Å². The van der Waals surface area contributed by atoms with Crippen molar-refractivity contribution in [3.8, 4) is 0 Å². The Kier molecular flexibility index (Phi) is 27.1. The minimum atomic E-state index is 0.415. The molecule has 0 saturated carbocycles. The normalized spacial score (nSPS) is 10.4. The molecule has 0 bridgehead atoms. The highest BCUT2D eigenvalue weighted by Gasteiger charge is 2.12.